The summed E-state index contributed by atoms with van der Waals surface area (Å²) >= 11 is 19.0. The van der Waals surface area contributed by atoms with Crippen molar-refractivity contribution in [2.75, 3.05) is 4.90 Å². The minimum Gasteiger partial charge on any atom is -0.438 e. The van der Waals surface area contributed by atoms with Crippen LogP contribution in [0, 0.1) is 11.6 Å². The summed E-state index contributed by atoms with van der Waals surface area (Å²) in [4.78, 5) is 12.1. The third-order valence-electron chi connectivity index (χ3n) is 6.97. The molecule has 6 rings (SSSR count). The van der Waals surface area contributed by atoms with Gasteiger partial charge in [-0.05, 0) is 73.7 Å². The van der Waals surface area contributed by atoms with Crippen LogP contribution in [0.15, 0.2) is 60.7 Å². The summed E-state index contributed by atoms with van der Waals surface area (Å²) in [6, 6.07) is 16.4. The predicted molar refractivity (Wildman–Crippen MR) is 143 cm³/mol. The summed E-state index contributed by atoms with van der Waals surface area (Å²) in [7, 11) is 0. The van der Waals surface area contributed by atoms with Gasteiger partial charge in [0.25, 0.3) is 0 Å². The van der Waals surface area contributed by atoms with Crippen molar-refractivity contribution in [3.63, 3.8) is 0 Å². The molecular formula is C28H20Cl3F2N3O. The second-order valence-electron chi connectivity index (χ2n) is 9.23. The van der Waals surface area contributed by atoms with E-state index in [0.29, 0.717) is 49.9 Å². The van der Waals surface area contributed by atoms with E-state index in [2.05, 4.69) is 4.90 Å². The Labute approximate surface area is 227 Å². The molecule has 0 amide bonds. The van der Waals surface area contributed by atoms with Gasteiger partial charge in [0.2, 0.25) is 11.8 Å². The molecule has 3 aromatic carbocycles. The van der Waals surface area contributed by atoms with E-state index in [9.17, 15) is 8.78 Å². The lowest BCUT2D eigenvalue weighted by atomic mass is 10.00. The van der Waals surface area contributed by atoms with Gasteiger partial charge in [-0.2, -0.15) is 4.98 Å². The second kappa shape index (κ2) is 9.75. The Hall–Kier alpha value is -2.93. The fourth-order valence-corrected chi connectivity index (χ4v) is 5.89. The van der Waals surface area contributed by atoms with E-state index in [-0.39, 0.29) is 11.6 Å². The van der Waals surface area contributed by atoms with E-state index in [4.69, 9.17) is 49.5 Å². The van der Waals surface area contributed by atoms with Gasteiger partial charge in [-0.1, -0.05) is 46.9 Å². The molecule has 2 fully saturated rings. The van der Waals surface area contributed by atoms with Crippen LogP contribution in [0.3, 0.4) is 0 Å². The molecule has 0 unspecified atom stereocenters. The van der Waals surface area contributed by atoms with Gasteiger partial charge in [-0.15, -0.1) is 0 Å². The zero-order valence-corrected chi connectivity index (χ0v) is 21.7. The lowest BCUT2D eigenvalue weighted by Crippen LogP contribution is -2.30. The molecule has 0 aliphatic carbocycles. The van der Waals surface area contributed by atoms with E-state index in [1.54, 1.807) is 30.3 Å². The molecule has 0 radical (unpaired) electrons. The minimum atomic E-state index is -1.02. The maximum atomic E-state index is 14.1. The van der Waals surface area contributed by atoms with Crippen molar-refractivity contribution in [2.24, 2.45) is 0 Å². The van der Waals surface area contributed by atoms with Crippen LogP contribution in [0.5, 0.6) is 11.6 Å². The summed E-state index contributed by atoms with van der Waals surface area (Å²) in [5.74, 6) is -1.16. The topological polar surface area (TPSA) is 38.2 Å². The molecule has 0 spiro atoms. The molecule has 1 aromatic heterocycles. The quantitative estimate of drug-likeness (QED) is 0.245. The van der Waals surface area contributed by atoms with E-state index >= 15 is 0 Å². The summed E-state index contributed by atoms with van der Waals surface area (Å²) in [5, 5.41) is 1.46. The van der Waals surface area contributed by atoms with Gasteiger partial charge >= 0.3 is 0 Å². The molecule has 4 aromatic rings. The molecule has 4 nitrogen and oxygen atoms in total. The average molecular weight is 559 g/mol. The normalized spacial score (nSPS) is 18.5. The number of rotatable bonds is 5. The molecule has 0 atom stereocenters. The highest BCUT2D eigenvalue weighted by Gasteiger charge is 2.41. The van der Waals surface area contributed by atoms with Crippen LogP contribution in [0.25, 0.3) is 22.4 Å². The molecule has 2 bridgehead atoms. The first-order chi connectivity index (χ1) is 17.9. The van der Waals surface area contributed by atoms with Gasteiger partial charge < -0.3 is 9.64 Å². The zero-order chi connectivity index (χ0) is 25.7. The summed E-state index contributed by atoms with van der Waals surface area (Å²) < 4.78 is 33.9. The Balaban J connectivity index is 1.61. The molecule has 9 heteroatoms. The first-order valence-electron chi connectivity index (χ1n) is 11.9. The molecule has 0 N–H and O–H groups in total. The van der Waals surface area contributed by atoms with Gasteiger partial charge in [0.15, 0.2) is 11.6 Å². The molecule has 0 saturated carbocycles. The average Bonchev–Trinajstić information content (AvgIpc) is 3.47. The Kier molecular flexibility index (Phi) is 6.43. The fourth-order valence-electron chi connectivity index (χ4n) is 5.26. The third-order valence-corrected chi connectivity index (χ3v) is 7.77. The number of halogens is 5. The fraction of sp³-hybridized carbons (Fsp3) is 0.214. The number of aromatic nitrogens is 2. The SMILES string of the molecule is Fc1ccc(Oc2nc(N3C4CCC3CC4)nc(-c3ccc(Cl)cc3Cl)c2-c2ccc(Cl)cc2)cc1F. The van der Waals surface area contributed by atoms with Gasteiger partial charge in [0, 0.05) is 33.8 Å². The van der Waals surface area contributed by atoms with Crippen molar-refractivity contribution in [3.05, 3.63) is 87.4 Å². The van der Waals surface area contributed by atoms with E-state index in [1.165, 1.54) is 6.07 Å². The highest BCUT2D eigenvalue weighted by atomic mass is 35.5. The standard InChI is InChI=1S/C28H20Cl3F2N3O/c29-16-3-1-15(2-4-16)25-26(21-11-5-17(30)13-22(21)31)34-28(36-18-6-7-19(36)9-8-18)35-27(25)37-20-10-12-23(32)24(33)14-20/h1-5,10-14,18-19H,6-9H2. The smallest absolute Gasteiger partial charge is 0.232 e. The number of ether oxygens (including phenoxy) is 1. The second-order valence-corrected chi connectivity index (χ2v) is 10.5. The summed E-state index contributed by atoms with van der Waals surface area (Å²) in [6.07, 6.45) is 4.29. The largest absolute Gasteiger partial charge is 0.438 e. The van der Waals surface area contributed by atoms with Gasteiger partial charge in [-0.25, -0.2) is 13.8 Å². The zero-order valence-electron chi connectivity index (χ0n) is 19.4. The number of nitrogens with zero attached hydrogens (tertiary/aromatic N) is 3. The van der Waals surface area contributed by atoms with Crippen molar-refractivity contribution >= 4 is 40.8 Å². The van der Waals surface area contributed by atoms with Crippen LogP contribution in [0.1, 0.15) is 25.7 Å². The third kappa shape index (κ3) is 4.63. The highest BCUT2D eigenvalue weighted by molar-refractivity contribution is 6.36. The van der Waals surface area contributed by atoms with Crippen molar-refractivity contribution in [1.82, 2.24) is 9.97 Å². The van der Waals surface area contributed by atoms with Crippen LogP contribution < -0.4 is 9.64 Å². The first-order valence-corrected chi connectivity index (χ1v) is 13.1. The van der Waals surface area contributed by atoms with Gasteiger partial charge in [0.05, 0.1) is 16.3 Å². The van der Waals surface area contributed by atoms with Crippen LogP contribution >= 0.6 is 34.8 Å². The van der Waals surface area contributed by atoms with E-state index < -0.39 is 11.6 Å². The van der Waals surface area contributed by atoms with Crippen LogP contribution in [0.2, 0.25) is 15.1 Å². The lowest BCUT2D eigenvalue weighted by Gasteiger charge is -2.25. The number of fused-ring (bicyclic) bond motifs is 2. The minimum absolute atomic E-state index is 0.108. The molecule has 188 valence electrons. The molecule has 2 aliphatic rings. The Morgan fingerprint density at radius 1 is 0.757 bits per heavy atom. The maximum absolute atomic E-state index is 14.1. The summed E-state index contributed by atoms with van der Waals surface area (Å²) in [5.41, 5.74) is 2.44. The Morgan fingerprint density at radius 3 is 2.08 bits per heavy atom. The summed E-state index contributed by atoms with van der Waals surface area (Å²) in [6.45, 7) is 0. The van der Waals surface area contributed by atoms with Crippen LogP contribution in [0.4, 0.5) is 14.7 Å². The van der Waals surface area contributed by atoms with E-state index in [0.717, 1.165) is 43.4 Å². The lowest BCUT2D eigenvalue weighted by molar-refractivity contribution is 0.448. The molecular weight excluding hydrogens is 539 g/mol. The van der Waals surface area contributed by atoms with Crippen molar-refractivity contribution in [1.29, 1.82) is 0 Å². The Bertz CT molecular complexity index is 1480. The van der Waals surface area contributed by atoms with Crippen molar-refractivity contribution in [3.8, 4) is 34.0 Å². The molecule has 3 heterocycles. The number of anilines is 1. The van der Waals surface area contributed by atoms with E-state index in [1.807, 2.05) is 12.1 Å². The number of hydrogen-bond donors (Lipinski definition) is 0. The van der Waals surface area contributed by atoms with Crippen molar-refractivity contribution in [2.45, 2.75) is 37.8 Å². The number of benzene rings is 3. The first kappa shape index (κ1) is 24.4. The molecule has 2 aliphatic heterocycles. The monoisotopic (exact) mass is 557 g/mol. The molecule has 2 saturated heterocycles. The van der Waals surface area contributed by atoms with Crippen LogP contribution in [-0.4, -0.2) is 22.1 Å². The maximum Gasteiger partial charge on any atom is 0.232 e. The van der Waals surface area contributed by atoms with Crippen LogP contribution in [-0.2, 0) is 0 Å². The number of hydrogen-bond acceptors (Lipinski definition) is 4. The molecule has 37 heavy (non-hydrogen) atoms. The predicted octanol–water partition coefficient (Wildman–Crippen LogP) is 8.97. The van der Waals surface area contributed by atoms with Gasteiger partial charge in [-0.3, -0.25) is 0 Å². The van der Waals surface area contributed by atoms with Gasteiger partial charge in [0.1, 0.15) is 5.75 Å². The Morgan fingerprint density at radius 2 is 1.43 bits per heavy atom. The van der Waals surface area contributed by atoms with Crippen molar-refractivity contribution < 1.29 is 13.5 Å². The highest BCUT2D eigenvalue weighted by Crippen LogP contribution is 2.46.